The molecule has 0 unspecified atom stereocenters. The topological polar surface area (TPSA) is 83.8 Å². The van der Waals surface area contributed by atoms with Gasteiger partial charge in [0.25, 0.3) is 5.91 Å². The number of benzene rings is 2. The average molecular weight is 517 g/mol. The Kier molecular flexibility index (Phi) is 7.20. The first kappa shape index (κ1) is 23.7. The molecule has 0 aliphatic carbocycles. The molecule has 3 aromatic rings. The van der Waals surface area contributed by atoms with Crippen LogP contribution in [-0.2, 0) is 14.8 Å². The number of hydrogen-bond donors (Lipinski definition) is 1. The quantitative estimate of drug-likeness (QED) is 0.379. The summed E-state index contributed by atoms with van der Waals surface area (Å²) in [6, 6.07) is 16.9. The number of nitrogens with one attached hydrogen (secondary N) is 1. The molecule has 0 saturated heterocycles. The second kappa shape index (κ2) is 9.70. The van der Waals surface area contributed by atoms with Gasteiger partial charge >= 0.3 is 0 Å². The Hall–Kier alpha value is -2.91. The van der Waals surface area contributed by atoms with Gasteiger partial charge in [0.2, 0.25) is 10.0 Å². The third kappa shape index (κ3) is 5.66. The van der Waals surface area contributed by atoms with E-state index in [1.54, 1.807) is 30.5 Å². The van der Waals surface area contributed by atoms with E-state index in [2.05, 4.69) is 37.1 Å². The molecule has 0 atom stereocenters. The predicted molar refractivity (Wildman–Crippen MR) is 132 cm³/mol. The number of nitrogens with zero attached hydrogens (tertiary/aromatic N) is 3. The summed E-state index contributed by atoms with van der Waals surface area (Å²) in [4.78, 5) is 12.4. The molecule has 7 nitrogen and oxygen atoms in total. The minimum absolute atomic E-state index is 0.380. The van der Waals surface area contributed by atoms with E-state index >= 15 is 0 Å². The maximum absolute atomic E-state index is 12.4. The third-order valence-corrected chi connectivity index (χ3v) is 6.54. The fraction of sp³-hybridized carbons (Fsp3) is 0.217. The van der Waals surface area contributed by atoms with E-state index < -0.39 is 15.9 Å². The Morgan fingerprint density at radius 3 is 2.50 bits per heavy atom. The van der Waals surface area contributed by atoms with Crippen LogP contribution in [0.4, 0.5) is 5.69 Å². The number of rotatable bonds is 7. The molecular weight excluding hydrogens is 492 g/mol. The second-order valence-electron chi connectivity index (χ2n) is 7.54. The molecule has 0 radical (unpaired) electrons. The lowest BCUT2D eigenvalue weighted by atomic mass is 10.2. The number of carbonyl (C=O) groups is 1. The van der Waals surface area contributed by atoms with E-state index in [0.717, 1.165) is 33.2 Å². The largest absolute Gasteiger partial charge is 0.318 e. The smallest absolute Gasteiger partial charge is 0.260 e. The first-order chi connectivity index (χ1) is 15.1. The lowest BCUT2D eigenvalue weighted by Gasteiger charge is -2.21. The first-order valence-electron chi connectivity index (χ1n) is 9.87. The molecule has 168 valence electrons. The van der Waals surface area contributed by atoms with Gasteiger partial charge in [-0.1, -0.05) is 34.1 Å². The highest BCUT2D eigenvalue weighted by atomic mass is 79.9. The SMILES string of the molecule is Cc1cccc(-n2c(C)cc(/C=N\NC(=O)CN(c3cccc(Br)c3)S(C)(=O)=O)c2C)c1. The minimum Gasteiger partial charge on any atom is -0.318 e. The van der Waals surface area contributed by atoms with Crippen LogP contribution in [0.5, 0.6) is 0 Å². The number of halogens is 1. The Morgan fingerprint density at radius 2 is 1.84 bits per heavy atom. The molecule has 2 aromatic carbocycles. The van der Waals surface area contributed by atoms with Gasteiger partial charge in [-0.3, -0.25) is 9.10 Å². The summed E-state index contributed by atoms with van der Waals surface area (Å²) >= 11 is 3.32. The van der Waals surface area contributed by atoms with Gasteiger partial charge in [0.05, 0.1) is 18.2 Å². The normalized spacial score (nSPS) is 11.7. The van der Waals surface area contributed by atoms with Gasteiger partial charge in [-0.2, -0.15) is 5.10 Å². The zero-order chi connectivity index (χ0) is 23.5. The van der Waals surface area contributed by atoms with Gasteiger partial charge in [0, 0.05) is 27.1 Å². The van der Waals surface area contributed by atoms with E-state index in [0.29, 0.717) is 10.2 Å². The Balaban J connectivity index is 1.74. The van der Waals surface area contributed by atoms with Crippen LogP contribution >= 0.6 is 15.9 Å². The summed E-state index contributed by atoms with van der Waals surface area (Å²) in [6.07, 6.45) is 2.63. The van der Waals surface area contributed by atoms with Gasteiger partial charge in [-0.15, -0.1) is 0 Å². The molecule has 0 bridgehead atoms. The summed E-state index contributed by atoms with van der Waals surface area (Å²) in [5, 5.41) is 4.05. The molecule has 1 aromatic heterocycles. The number of sulfonamides is 1. The van der Waals surface area contributed by atoms with E-state index in [1.165, 1.54) is 5.56 Å². The number of amides is 1. The highest BCUT2D eigenvalue weighted by Gasteiger charge is 2.21. The number of hydrogen-bond acceptors (Lipinski definition) is 4. The van der Waals surface area contributed by atoms with E-state index in [9.17, 15) is 13.2 Å². The fourth-order valence-electron chi connectivity index (χ4n) is 3.45. The Morgan fingerprint density at radius 1 is 1.12 bits per heavy atom. The molecule has 0 saturated carbocycles. The third-order valence-electron chi connectivity index (χ3n) is 4.91. The van der Waals surface area contributed by atoms with Crippen LogP contribution in [-0.4, -0.2) is 37.9 Å². The molecule has 0 aliphatic heterocycles. The van der Waals surface area contributed by atoms with Crippen LogP contribution < -0.4 is 9.73 Å². The van der Waals surface area contributed by atoms with Crippen LogP contribution in [0.2, 0.25) is 0 Å². The molecule has 1 heterocycles. The van der Waals surface area contributed by atoms with Crippen LogP contribution in [0.15, 0.2) is 64.2 Å². The van der Waals surface area contributed by atoms with Crippen LogP contribution in [0.1, 0.15) is 22.5 Å². The second-order valence-corrected chi connectivity index (χ2v) is 10.4. The van der Waals surface area contributed by atoms with Gasteiger partial charge in [0.15, 0.2) is 0 Å². The summed E-state index contributed by atoms with van der Waals surface area (Å²) in [6.45, 7) is 5.66. The van der Waals surface area contributed by atoms with Crippen molar-refractivity contribution in [2.45, 2.75) is 20.8 Å². The highest BCUT2D eigenvalue weighted by molar-refractivity contribution is 9.10. The van der Waals surface area contributed by atoms with Crippen molar-refractivity contribution in [1.29, 1.82) is 0 Å². The minimum atomic E-state index is -3.65. The lowest BCUT2D eigenvalue weighted by molar-refractivity contribution is -0.119. The van der Waals surface area contributed by atoms with Crippen molar-refractivity contribution in [3.8, 4) is 5.69 Å². The van der Waals surface area contributed by atoms with E-state index in [-0.39, 0.29) is 6.54 Å². The number of aromatic nitrogens is 1. The lowest BCUT2D eigenvalue weighted by Crippen LogP contribution is -2.39. The standard InChI is InChI=1S/C23H25BrN4O3S/c1-16-7-5-10-22(11-16)28-17(2)12-19(18(28)3)14-25-26-23(29)15-27(32(4,30)31)21-9-6-8-20(24)13-21/h5-14H,15H2,1-4H3,(H,26,29)/b25-14-. The molecule has 1 N–H and O–H groups in total. The summed E-state index contributed by atoms with van der Waals surface area (Å²) in [5.74, 6) is -0.542. The molecule has 0 spiro atoms. The first-order valence-corrected chi connectivity index (χ1v) is 12.5. The molecule has 32 heavy (non-hydrogen) atoms. The molecule has 3 rings (SSSR count). The summed E-state index contributed by atoms with van der Waals surface area (Å²) in [7, 11) is -3.65. The van der Waals surface area contributed by atoms with E-state index in [1.807, 2.05) is 45.0 Å². The zero-order valence-corrected chi connectivity index (χ0v) is 20.7. The van der Waals surface area contributed by atoms with Crippen molar-refractivity contribution >= 4 is 43.8 Å². The summed E-state index contributed by atoms with van der Waals surface area (Å²) in [5.41, 5.74) is 7.92. The maximum Gasteiger partial charge on any atom is 0.260 e. The Bertz CT molecular complexity index is 1280. The van der Waals surface area contributed by atoms with Crippen molar-refractivity contribution in [2.24, 2.45) is 5.10 Å². The van der Waals surface area contributed by atoms with E-state index in [4.69, 9.17) is 0 Å². The molecule has 1 amide bonds. The number of anilines is 1. The van der Waals surface area contributed by atoms with Crippen LogP contribution in [0.3, 0.4) is 0 Å². The number of hydrazone groups is 1. The van der Waals surface area contributed by atoms with Crippen molar-refractivity contribution in [1.82, 2.24) is 9.99 Å². The monoisotopic (exact) mass is 516 g/mol. The highest BCUT2D eigenvalue weighted by Crippen LogP contribution is 2.22. The van der Waals surface area contributed by atoms with Gasteiger partial charge in [-0.25, -0.2) is 13.8 Å². The van der Waals surface area contributed by atoms with Crippen molar-refractivity contribution in [3.05, 3.63) is 81.6 Å². The molecular formula is C23H25BrN4O3S. The Labute approximate surface area is 196 Å². The van der Waals surface area contributed by atoms with Crippen LogP contribution in [0.25, 0.3) is 5.69 Å². The molecule has 0 aliphatic rings. The van der Waals surface area contributed by atoms with Crippen molar-refractivity contribution in [3.63, 3.8) is 0 Å². The fourth-order valence-corrected chi connectivity index (χ4v) is 4.69. The molecule has 0 fully saturated rings. The van der Waals surface area contributed by atoms with Gasteiger partial charge in [0.1, 0.15) is 6.54 Å². The van der Waals surface area contributed by atoms with Crippen molar-refractivity contribution < 1.29 is 13.2 Å². The zero-order valence-electron chi connectivity index (χ0n) is 18.3. The molecule has 9 heteroatoms. The number of aryl methyl sites for hydroxylation is 2. The van der Waals surface area contributed by atoms with Gasteiger partial charge < -0.3 is 4.57 Å². The average Bonchev–Trinajstić information content (AvgIpc) is 2.98. The predicted octanol–water partition coefficient (Wildman–Crippen LogP) is 4.08. The maximum atomic E-state index is 12.4. The number of carbonyl (C=O) groups excluding carboxylic acids is 1. The van der Waals surface area contributed by atoms with Crippen molar-refractivity contribution in [2.75, 3.05) is 17.1 Å². The van der Waals surface area contributed by atoms with Gasteiger partial charge in [-0.05, 0) is 62.7 Å². The van der Waals surface area contributed by atoms with Crippen LogP contribution in [0, 0.1) is 20.8 Å². The summed E-state index contributed by atoms with van der Waals surface area (Å²) < 4.78 is 28.3.